The fraction of sp³-hybridized carbons (Fsp3) is 0.500. The summed E-state index contributed by atoms with van der Waals surface area (Å²) < 4.78 is 2.74. The zero-order valence-electron chi connectivity index (χ0n) is 18.2. The Morgan fingerprint density at radius 3 is 2.78 bits per heavy atom. The van der Waals surface area contributed by atoms with Crippen molar-refractivity contribution < 1.29 is 19.3 Å². The molecule has 1 saturated carbocycles. The largest absolute Gasteiger partial charge is 0.477 e. The number of nitrogens with one attached hydrogen (secondary N) is 2. The predicted molar refractivity (Wildman–Crippen MR) is 115 cm³/mol. The van der Waals surface area contributed by atoms with E-state index in [-0.39, 0.29) is 35.2 Å². The number of H-pyrrole nitrogens is 1. The Morgan fingerprint density at radius 2 is 2.16 bits per heavy atom. The molecule has 4 rings (SSSR count). The molecule has 1 aliphatic heterocycles. The summed E-state index contributed by atoms with van der Waals surface area (Å²) in [5.41, 5.74) is -0.0673. The molecule has 1 aliphatic carbocycles. The number of hydrogen-bond donors (Lipinski definition) is 3. The molecule has 0 aromatic carbocycles. The van der Waals surface area contributed by atoms with Crippen LogP contribution in [0.1, 0.15) is 49.0 Å². The number of nitrogens with zero attached hydrogens (tertiary/aromatic N) is 4. The minimum Gasteiger partial charge on any atom is -0.477 e. The highest BCUT2D eigenvalue weighted by Gasteiger charge is 2.34. The summed E-state index contributed by atoms with van der Waals surface area (Å²) in [5, 5.41) is 25.5. The van der Waals surface area contributed by atoms with E-state index in [0.717, 1.165) is 12.8 Å². The summed E-state index contributed by atoms with van der Waals surface area (Å²) in [7, 11) is 0. The fourth-order valence-corrected chi connectivity index (χ4v) is 3.94. The van der Waals surface area contributed by atoms with Crippen LogP contribution < -0.4 is 15.4 Å². The molecular formula is C22H27N6O4+. The van der Waals surface area contributed by atoms with Gasteiger partial charge in [-0.2, -0.15) is 9.83 Å². The number of fused-ring (bicyclic) bond motifs is 1. The van der Waals surface area contributed by atoms with E-state index >= 15 is 0 Å². The Bertz CT molecular complexity index is 1200. The first kappa shape index (κ1) is 21.6. The van der Waals surface area contributed by atoms with E-state index in [2.05, 4.69) is 16.5 Å². The SMILES string of the molecule is CC(C)C[n+]1c(O)c(C(=O)NC2CC2)c(=O)n2[nH]cc(/C=C/C(=O)N3CC[C@H](C#N)C3)c21. The van der Waals surface area contributed by atoms with Gasteiger partial charge in [0.2, 0.25) is 11.5 Å². The molecule has 0 radical (unpaired) electrons. The van der Waals surface area contributed by atoms with Gasteiger partial charge in [0, 0.05) is 25.2 Å². The van der Waals surface area contributed by atoms with E-state index in [1.807, 2.05) is 13.8 Å². The third kappa shape index (κ3) is 4.10. The van der Waals surface area contributed by atoms with Gasteiger partial charge in [0.25, 0.3) is 5.91 Å². The summed E-state index contributed by atoms with van der Waals surface area (Å²) in [4.78, 5) is 39.8. The zero-order chi connectivity index (χ0) is 23.0. The predicted octanol–water partition coefficient (Wildman–Crippen LogP) is 0.554. The molecule has 32 heavy (non-hydrogen) atoms. The standard InChI is InChI=1S/C22H26N6O4/c1-13(2)11-27-20-15(3-6-17(29)26-8-7-14(9-23)12-26)10-24-28(20)22(32)18(21(27)31)19(30)25-16-4-5-16/h3,6,10,13-14,16H,4-5,7-8,11-12H2,1-2H3,(H2,25,30,31,32)/p+1/b6-3+/t14-/m1/s1. The number of likely N-dealkylation sites (tertiary alicyclic amines) is 1. The van der Waals surface area contributed by atoms with Crippen LogP contribution in [-0.4, -0.2) is 50.6 Å². The highest BCUT2D eigenvalue weighted by molar-refractivity contribution is 5.96. The number of carbonyl (C=O) groups is 2. The number of nitriles is 1. The fourth-order valence-electron chi connectivity index (χ4n) is 3.94. The van der Waals surface area contributed by atoms with E-state index in [1.165, 1.54) is 15.2 Å². The highest BCUT2D eigenvalue weighted by Crippen LogP contribution is 2.21. The van der Waals surface area contributed by atoms with Gasteiger partial charge in [0.15, 0.2) is 0 Å². The summed E-state index contributed by atoms with van der Waals surface area (Å²) in [6.07, 6.45) is 6.92. The molecule has 0 unspecified atom stereocenters. The second kappa shape index (κ2) is 8.49. The number of carbonyl (C=O) groups excluding carboxylic acids is 2. The minimum atomic E-state index is -0.655. The lowest BCUT2D eigenvalue weighted by atomic mass is 10.1. The summed E-state index contributed by atoms with van der Waals surface area (Å²) in [5.74, 6) is -1.23. The molecule has 10 heteroatoms. The lowest BCUT2D eigenvalue weighted by Crippen LogP contribution is -2.46. The highest BCUT2D eigenvalue weighted by atomic mass is 16.3. The lowest BCUT2D eigenvalue weighted by molar-refractivity contribution is -0.686. The average Bonchev–Trinajstić information content (AvgIpc) is 3.26. The first-order chi connectivity index (χ1) is 15.3. The number of aromatic amines is 1. The molecule has 3 heterocycles. The Hall–Kier alpha value is -3.61. The third-order valence-corrected chi connectivity index (χ3v) is 5.75. The maximum Gasteiger partial charge on any atom is 0.378 e. The first-order valence-corrected chi connectivity index (χ1v) is 10.9. The number of aromatic nitrogens is 3. The molecule has 168 valence electrons. The Morgan fingerprint density at radius 1 is 1.41 bits per heavy atom. The molecule has 2 aromatic heterocycles. The van der Waals surface area contributed by atoms with Gasteiger partial charge in [0.1, 0.15) is 0 Å². The molecule has 1 saturated heterocycles. The van der Waals surface area contributed by atoms with Crippen molar-refractivity contribution in [1.29, 1.82) is 5.26 Å². The second-order valence-corrected chi connectivity index (χ2v) is 8.88. The first-order valence-electron chi connectivity index (χ1n) is 10.9. The van der Waals surface area contributed by atoms with E-state index < -0.39 is 11.5 Å². The zero-order valence-corrected chi connectivity index (χ0v) is 18.2. The van der Waals surface area contributed by atoms with Gasteiger partial charge in [-0.3, -0.25) is 9.59 Å². The van der Waals surface area contributed by atoms with Gasteiger partial charge in [0.05, 0.1) is 30.3 Å². The quantitative estimate of drug-likeness (QED) is 0.446. The third-order valence-electron chi connectivity index (χ3n) is 5.75. The van der Waals surface area contributed by atoms with Crippen LogP contribution >= 0.6 is 0 Å². The summed E-state index contributed by atoms with van der Waals surface area (Å²) in [6.45, 7) is 5.22. The normalized spacial score (nSPS) is 18.6. The molecule has 2 fully saturated rings. The monoisotopic (exact) mass is 439 g/mol. The lowest BCUT2D eigenvalue weighted by Gasteiger charge is -2.12. The maximum atomic E-state index is 13.0. The van der Waals surface area contributed by atoms with Crippen molar-refractivity contribution in [3.05, 3.63) is 33.8 Å². The number of aromatic hydroxyl groups is 1. The van der Waals surface area contributed by atoms with Crippen LogP contribution in [0.15, 0.2) is 17.1 Å². The number of rotatable bonds is 6. The van der Waals surface area contributed by atoms with Gasteiger partial charge in [-0.25, -0.2) is 9.89 Å². The molecular weight excluding hydrogens is 412 g/mol. The second-order valence-electron chi connectivity index (χ2n) is 8.88. The topological polar surface area (TPSA) is 135 Å². The smallest absolute Gasteiger partial charge is 0.378 e. The minimum absolute atomic E-state index is 0.0416. The Balaban J connectivity index is 1.73. The summed E-state index contributed by atoms with van der Waals surface area (Å²) in [6, 6.07) is 2.23. The molecule has 3 N–H and O–H groups in total. The molecule has 2 aromatic rings. The van der Waals surface area contributed by atoms with Crippen LogP contribution in [0.5, 0.6) is 5.88 Å². The van der Waals surface area contributed by atoms with Crippen molar-refractivity contribution in [3.63, 3.8) is 0 Å². The van der Waals surface area contributed by atoms with Crippen molar-refractivity contribution >= 4 is 23.5 Å². The van der Waals surface area contributed by atoms with Crippen LogP contribution in [0.4, 0.5) is 0 Å². The molecule has 10 nitrogen and oxygen atoms in total. The van der Waals surface area contributed by atoms with Crippen LogP contribution in [0.3, 0.4) is 0 Å². The van der Waals surface area contributed by atoms with E-state index in [1.54, 1.807) is 17.2 Å². The average molecular weight is 439 g/mol. The van der Waals surface area contributed by atoms with Gasteiger partial charge in [-0.1, -0.05) is 18.4 Å². The van der Waals surface area contributed by atoms with Crippen molar-refractivity contribution in [2.75, 3.05) is 13.1 Å². The van der Waals surface area contributed by atoms with Crippen LogP contribution in [0.2, 0.25) is 0 Å². The van der Waals surface area contributed by atoms with Gasteiger partial charge < -0.3 is 15.3 Å². The van der Waals surface area contributed by atoms with Crippen LogP contribution in [0, 0.1) is 23.2 Å². The van der Waals surface area contributed by atoms with Gasteiger partial charge in [-0.15, -0.1) is 0 Å². The Kier molecular flexibility index (Phi) is 5.74. The van der Waals surface area contributed by atoms with Crippen LogP contribution in [0.25, 0.3) is 11.7 Å². The molecule has 0 bridgehead atoms. The molecule has 0 spiro atoms. The Labute approximate surface area is 184 Å². The van der Waals surface area contributed by atoms with Crippen molar-refractivity contribution in [1.82, 2.24) is 19.8 Å². The van der Waals surface area contributed by atoms with E-state index in [0.29, 0.717) is 37.3 Å². The molecule has 2 aliphatic rings. The van der Waals surface area contributed by atoms with Gasteiger partial charge in [-0.05, 0) is 31.3 Å². The molecule has 2 amide bonds. The number of hydrogen-bond acceptors (Lipinski definition) is 5. The number of amides is 2. The van der Waals surface area contributed by atoms with Crippen molar-refractivity contribution in [2.45, 2.75) is 45.7 Å². The maximum absolute atomic E-state index is 13.0. The van der Waals surface area contributed by atoms with E-state index in [9.17, 15) is 19.5 Å². The summed E-state index contributed by atoms with van der Waals surface area (Å²) >= 11 is 0. The van der Waals surface area contributed by atoms with Gasteiger partial charge >= 0.3 is 17.1 Å². The molecule has 1 atom stereocenters. The van der Waals surface area contributed by atoms with Crippen LogP contribution in [-0.2, 0) is 11.3 Å². The van der Waals surface area contributed by atoms with E-state index in [4.69, 9.17) is 5.26 Å². The van der Waals surface area contributed by atoms with Crippen molar-refractivity contribution in [2.24, 2.45) is 11.8 Å². The van der Waals surface area contributed by atoms with Crippen molar-refractivity contribution in [3.8, 4) is 11.9 Å².